The van der Waals surface area contributed by atoms with Crippen molar-refractivity contribution in [3.05, 3.63) is 18.0 Å². The lowest BCUT2D eigenvalue weighted by Gasteiger charge is -2.27. The van der Waals surface area contributed by atoms with Gasteiger partial charge in [-0.1, -0.05) is 6.92 Å². The van der Waals surface area contributed by atoms with Crippen molar-refractivity contribution in [1.82, 2.24) is 15.3 Å². The molecule has 1 aromatic heterocycles. The molecule has 0 spiro atoms. The summed E-state index contributed by atoms with van der Waals surface area (Å²) in [6, 6.07) is 0.507. The highest BCUT2D eigenvalue weighted by Gasteiger charge is 2.16. The molecule has 1 aliphatic rings. The molecule has 0 aliphatic carbocycles. The second-order valence-electron chi connectivity index (χ2n) is 3.27. The van der Waals surface area contributed by atoms with Crippen LogP contribution in [0.4, 0.5) is 5.95 Å². The van der Waals surface area contributed by atoms with Gasteiger partial charge in [0.15, 0.2) is 0 Å². The summed E-state index contributed by atoms with van der Waals surface area (Å²) in [6.45, 7) is 4.12. The van der Waals surface area contributed by atoms with Crippen molar-refractivity contribution in [2.24, 2.45) is 0 Å². The third kappa shape index (κ3) is 1.95. The zero-order chi connectivity index (χ0) is 9.10. The van der Waals surface area contributed by atoms with Crippen LogP contribution in [0.15, 0.2) is 12.4 Å². The second kappa shape index (κ2) is 3.70. The van der Waals surface area contributed by atoms with Crippen molar-refractivity contribution >= 4 is 5.95 Å². The Hall–Kier alpha value is -1.16. The first kappa shape index (κ1) is 8.44. The van der Waals surface area contributed by atoms with E-state index in [4.69, 9.17) is 0 Å². The Bertz CT molecular complexity index is 265. The molecule has 0 aromatic carbocycles. The number of anilines is 1. The fourth-order valence-electron chi connectivity index (χ4n) is 1.19. The number of aromatic nitrogens is 2. The molecular weight excluding hydrogens is 164 g/mol. The maximum absolute atomic E-state index is 4.22. The molecule has 13 heavy (non-hydrogen) atoms. The van der Waals surface area contributed by atoms with Crippen LogP contribution < -0.4 is 10.6 Å². The summed E-state index contributed by atoms with van der Waals surface area (Å²) in [5.74, 6) is 0.740. The monoisotopic (exact) mass is 178 g/mol. The van der Waals surface area contributed by atoms with Crippen molar-refractivity contribution in [3.63, 3.8) is 0 Å². The predicted octanol–water partition coefficient (Wildman–Crippen LogP) is 0.423. The SMILES string of the molecule is CCc1cnc(NC2CNC2)nc1. The average Bonchev–Trinajstić information content (AvgIpc) is 2.12. The summed E-state index contributed by atoms with van der Waals surface area (Å²) >= 11 is 0. The molecule has 4 nitrogen and oxygen atoms in total. The molecule has 0 amide bonds. The van der Waals surface area contributed by atoms with E-state index in [1.807, 2.05) is 12.4 Å². The van der Waals surface area contributed by atoms with Gasteiger partial charge in [0.2, 0.25) is 5.95 Å². The van der Waals surface area contributed by atoms with Gasteiger partial charge in [0.1, 0.15) is 0 Å². The summed E-state index contributed by atoms with van der Waals surface area (Å²) < 4.78 is 0. The molecule has 2 N–H and O–H groups in total. The van der Waals surface area contributed by atoms with Crippen LogP contribution in [0.5, 0.6) is 0 Å². The van der Waals surface area contributed by atoms with E-state index < -0.39 is 0 Å². The summed E-state index contributed by atoms with van der Waals surface area (Å²) in [4.78, 5) is 8.44. The summed E-state index contributed by atoms with van der Waals surface area (Å²) in [5, 5.41) is 6.43. The number of hydrogen-bond donors (Lipinski definition) is 2. The van der Waals surface area contributed by atoms with Gasteiger partial charge >= 0.3 is 0 Å². The van der Waals surface area contributed by atoms with Gasteiger partial charge in [-0.3, -0.25) is 0 Å². The van der Waals surface area contributed by atoms with Crippen LogP contribution in [0.2, 0.25) is 0 Å². The highest BCUT2D eigenvalue weighted by molar-refractivity contribution is 5.27. The lowest BCUT2D eigenvalue weighted by atomic mass is 10.2. The van der Waals surface area contributed by atoms with Crippen LogP contribution in [0.3, 0.4) is 0 Å². The normalized spacial score (nSPS) is 16.7. The number of nitrogens with zero attached hydrogens (tertiary/aromatic N) is 2. The van der Waals surface area contributed by atoms with Crippen molar-refractivity contribution in [2.45, 2.75) is 19.4 Å². The van der Waals surface area contributed by atoms with E-state index in [0.717, 1.165) is 25.5 Å². The van der Waals surface area contributed by atoms with Crippen molar-refractivity contribution in [3.8, 4) is 0 Å². The molecule has 0 radical (unpaired) electrons. The van der Waals surface area contributed by atoms with Crippen LogP contribution in [-0.2, 0) is 6.42 Å². The first-order valence-corrected chi connectivity index (χ1v) is 4.66. The first-order chi connectivity index (χ1) is 6.38. The first-order valence-electron chi connectivity index (χ1n) is 4.66. The van der Waals surface area contributed by atoms with E-state index >= 15 is 0 Å². The molecule has 1 fully saturated rings. The topological polar surface area (TPSA) is 49.8 Å². The maximum atomic E-state index is 4.22. The molecular formula is C9H14N4. The molecule has 0 unspecified atom stereocenters. The van der Waals surface area contributed by atoms with Gasteiger partial charge in [-0.2, -0.15) is 0 Å². The number of nitrogens with one attached hydrogen (secondary N) is 2. The van der Waals surface area contributed by atoms with E-state index in [0.29, 0.717) is 6.04 Å². The summed E-state index contributed by atoms with van der Waals surface area (Å²) in [5.41, 5.74) is 1.18. The Balaban J connectivity index is 1.96. The Labute approximate surface area is 77.8 Å². The van der Waals surface area contributed by atoms with E-state index in [-0.39, 0.29) is 0 Å². The fourth-order valence-corrected chi connectivity index (χ4v) is 1.19. The number of hydrogen-bond acceptors (Lipinski definition) is 4. The smallest absolute Gasteiger partial charge is 0.222 e. The second-order valence-corrected chi connectivity index (χ2v) is 3.27. The van der Waals surface area contributed by atoms with E-state index in [1.54, 1.807) is 0 Å². The maximum Gasteiger partial charge on any atom is 0.222 e. The molecule has 0 bridgehead atoms. The van der Waals surface area contributed by atoms with E-state index in [9.17, 15) is 0 Å². The standard InChI is InChI=1S/C9H14N4/c1-2-7-3-11-9(12-4-7)13-8-5-10-6-8/h3-4,8,10H,2,5-6H2,1H3,(H,11,12,13). The van der Waals surface area contributed by atoms with Crippen molar-refractivity contribution in [2.75, 3.05) is 18.4 Å². The Morgan fingerprint density at radius 3 is 2.62 bits per heavy atom. The van der Waals surface area contributed by atoms with Crippen molar-refractivity contribution in [1.29, 1.82) is 0 Å². The molecule has 1 saturated heterocycles. The van der Waals surface area contributed by atoms with Gasteiger partial charge in [-0.25, -0.2) is 9.97 Å². The van der Waals surface area contributed by atoms with Crippen LogP contribution >= 0.6 is 0 Å². The molecule has 1 aliphatic heterocycles. The Morgan fingerprint density at radius 1 is 1.46 bits per heavy atom. The highest BCUT2D eigenvalue weighted by atomic mass is 15.2. The van der Waals surface area contributed by atoms with Gasteiger partial charge in [-0.05, 0) is 12.0 Å². The third-order valence-corrected chi connectivity index (χ3v) is 2.23. The third-order valence-electron chi connectivity index (χ3n) is 2.23. The lowest BCUT2D eigenvalue weighted by molar-refractivity contribution is 0.469. The van der Waals surface area contributed by atoms with Gasteiger partial charge in [0.05, 0.1) is 6.04 Å². The van der Waals surface area contributed by atoms with Crippen LogP contribution in [0.1, 0.15) is 12.5 Å². The Kier molecular flexibility index (Phi) is 2.40. The molecule has 4 heteroatoms. The molecule has 1 aromatic rings. The van der Waals surface area contributed by atoms with Gasteiger partial charge in [0, 0.05) is 25.5 Å². The summed E-state index contributed by atoms with van der Waals surface area (Å²) in [6.07, 6.45) is 4.74. The molecule has 70 valence electrons. The van der Waals surface area contributed by atoms with Crippen molar-refractivity contribution < 1.29 is 0 Å². The fraction of sp³-hybridized carbons (Fsp3) is 0.556. The highest BCUT2D eigenvalue weighted by Crippen LogP contribution is 2.04. The zero-order valence-corrected chi connectivity index (χ0v) is 7.75. The van der Waals surface area contributed by atoms with Gasteiger partial charge < -0.3 is 10.6 Å². The molecule has 2 heterocycles. The number of rotatable bonds is 3. The van der Waals surface area contributed by atoms with Gasteiger partial charge in [0.25, 0.3) is 0 Å². The quantitative estimate of drug-likeness (QED) is 0.704. The van der Waals surface area contributed by atoms with E-state index in [2.05, 4.69) is 27.5 Å². The minimum absolute atomic E-state index is 0.507. The van der Waals surface area contributed by atoms with Gasteiger partial charge in [-0.15, -0.1) is 0 Å². The minimum Gasteiger partial charge on any atom is -0.349 e. The predicted molar refractivity (Wildman–Crippen MR) is 51.7 cm³/mol. The van der Waals surface area contributed by atoms with Crippen LogP contribution in [0.25, 0.3) is 0 Å². The number of aryl methyl sites for hydroxylation is 1. The summed E-state index contributed by atoms with van der Waals surface area (Å²) in [7, 11) is 0. The van der Waals surface area contributed by atoms with E-state index in [1.165, 1.54) is 5.56 Å². The average molecular weight is 178 g/mol. The Morgan fingerprint density at radius 2 is 2.15 bits per heavy atom. The van der Waals surface area contributed by atoms with Crippen LogP contribution in [-0.4, -0.2) is 29.1 Å². The lowest BCUT2D eigenvalue weighted by Crippen LogP contribution is -2.51. The molecule has 2 rings (SSSR count). The van der Waals surface area contributed by atoms with Crippen LogP contribution in [0, 0.1) is 0 Å². The molecule has 0 saturated carbocycles. The zero-order valence-electron chi connectivity index (χ0n) is 7.75. The largest absolute Gasteiger partial charge is 0.349 e. The minimum atomic E-state index is 0.507. The molecule has 0 atom stereocenters.